The van der Waals surface area contributed by atoms with Crippen LogP contribution in [0.3, 0.4) is 0 Å². The zero-order valence-electron chi connectivity index (χ0n) is 9.67. The second-order valence-corrected chi connectivity index (χ2v) is 4.06. The maximum atomic E-state index is 4.38. The lowest BCUT2D eigenvalue weighted by Gasteiger charge is -2.10. The second-order valence-electron chi connectivity index (χ2n) is 4.06. The van der Waals surface area contributed by atoms with Gasteiger partial charge in [0.1, 0.15) is 0 Å². The van der Waals surface area contributed by atoms with Crippen LogP contribution >= 0.6 is 0 Å². The lowest BCUT2D eigenvalue weighted by Crippen LogP contribution is -2.11. The molecule has 1 N–H and O–H groups in total. The lowest BCUT2D eigenvalue weighted by molar-refractivity contribution is 0.558. The molecule has 3 nitrogen and oxygen atoms in total. The van der Waals surface area contributed by atoms with Crippen LogP contribution in [-0.4, -0.2) is 16.8 Å². The Balaban J connectivity index is 2.87. The van der Waals surface area contributed by atoms with Gasteiger partial charge in [0.05, 0.1) is 6.20 Å². The first-order valence-corrected chi connectivity index (χ1v) is 5.37. The molecule has 0 unspecified atom stereocenters. The third-order valence-electron chi connectivity index (χ3n) is 2.30. The summed E-state index contributed by atoms with van der Waals surface area (Å²) in [5.74, 6) is 0.688. The van der Waals surface area contributed by atoms with E-state index in [1.54, 1.807) is 0 Å². The van der Waals surface area contributed by atoms with E-state index >= 15 is 0 Å². The average molecular weight is 195 g/mol. The molecule has 0 aliphatic carbocycles. The van der Waals surface area contributed by atoms with Gasteiger partial charge in [-0.25, -0.2) is 0 Å². The van der Waals surface area contributed by atoms with Gasteiger partial charge in [-0.15, -0.1) is 0 Å². The Bertz CT molecular complexity index is 276. The first-order chi connectivity index (χ1) is 6.69. The van der Waals surface area contributed by atoms with E-state index in [9.17, 15) is 0 Å². The number of nitrogens with one attached hydrogen (secondary N) is 1. The number of nitrogens with zero attached hydrogens (tertiary/aromatic N) is 2. The zero-order chi connectivity index (χ0) is 10.6. The Morgan fingerprint density at radius 3 is 2.71 bits per heavy atom. The van der Waals surface area contributed by atoms with E-state index in [2.05, 4.69) is 35.9 Å². The maximum Gasteiger partial charge on any atom is 0.0537 e. The van der Waals surface area contributed by atoms with E-state index in [-0.39, 0.29) is 0 Å². The van der Waals surface area contributed by atoms with Crippen molar-refractivity contribution in [3.05, 3.63) is 17.5 Å². The number of aromatic nitrogens is 2. The molecule has 0 fully saturated rings. The summed E-state index contributed by atoms with van der Waals surface area (Å²) in [5, 5.41) is 7.56. The summed E-state index contributed by atoms with van der Waals surface area (Å²) in [6, 6.07) is 0. The predicted molar refractivity (Wildman–Crippen MR) is 59.2 cm³/mol. The van der Waals surface area contributed by atoms with Crippen LogP contribution in [-0.2, 0) is 19.5 Å². The molecule has 0 aromatic carbocycles. The first kappa shape index (κ1) is 11.2. The van der Waals surface area contributed by atoms with Gasteiger partial charge in [-0.05, 0) is 26.3 Å². The van der Waals surface area contributed by atoms with Gasteiger partial charge in [0.25, 0.3) is 0 Å². The van der Waals surface area contributed by atoms with E-state index < -0.39 is 0 Å². The van der Waals surface area contributed by atoms with Crippen molar-refractivity contribution >= 4 is 0 Å². The van der Waals surface area contributed by atoms with Crippen LogP contribution in [0.25, 0.3) is 0 Å². The largest absolute Gasteiger partial charge is 0.316 e. The van der Waals surface area contributed by atoms with Crippen LogP contribution in [0.1, 0.15) is 32.0 Å². The molecule has 0 bridgehead atoms. The average Bonchev–Trinajstić information content (AvgIpc) is 2.48. The van der Waals surface area contributed by atoms with Gasteiger partial charge >= 0.3 is 0 Å². The summed E-state index contributed by atoms with van der Waals surface area (Å²) in [6.45, 7) is 8.51. The molecule has 0 radical (unpaired) electrons. The maximum absolute atomic E-state index is 4.38. The highest BCUT2D eigenvalue weighted by Gasteiger charge is 2.10. The molecule has 0 amide bonds. The standard InChI is InChI=1S/C11H21N3/c1-5-14-11(6-9(2)3)10(7-12-4)8-13-14/h8-9,12H,5-7H2,1-4H3. The van der Waals surface area contributed by atoms with Crippen molar-refractivity contribution in [3.8, 4) is 0 Å². The second kappa shape index (κ2) is 5.15. The van der Waals surface area contributed by atoms with E-state index in [0.29, 0.717) is 5.92 Å². The van der Waals surface area contributed by atoms with E-state index in [0.717, 1.165) is 19.5 Å². The van der Waals surface area contributed by atoms with Gasteiger partial charge in [0.2, 0.25) is 0 Å². The molecular formula is C11H21N3. The molecule has 1 rings (SSSR count). The van der Waals surface area contributed by atoms with Crippen LogP contribution < -0.4 is 5.32 Å². The third kappa shape index (κ3) is 2.58. The molecule has 1 aromatic rings. The third-order valence-corrected chi connectivity index (χ3v) is 2.30. The molecule has 80 valence electrons. The van der Waals surface area contributed by atoms with Gasteiger partial charge < -0.3 is 5.32 Å². The number of rotatable bonds is 5. The molecule has 0 spiro atoms. The minimum absolute atomic E-state index is 0.688. The Kier molecular flexibility index (Phi) is 4.14. The molecule has 1 heterocycles. The van der Waals surface area contributed by atoms with E-state index in [1.165, 1.54) is 11.3 Å². The van der Waals surface area contributed by atoms with Crippen molar-refractivity contribution in [1.82, 2.24) is 15.1 Å². The van der Waals surface area contributed by atoms with Gasteiger partial charge in [-0.3, -0.25) is 4.68 Å². The highest BCUT2D eigenvalue weighted by atomic mass is 15.3. The van der Waals surface area contributed by atoms with Crippen LogP contribution in [0.2, 0.25) is 0 Å². The van der Waals surface area contributed by atoms with Gasteiger partial charge in [-0.2, -0.15) is 5.10 Å². The highest BCUT2D eigenvalue weighted by molar-refractivity contribution is 5.18. The molecule has 1 aromatic heterocycles. The number of hydrogen-bond acceptors (Lipinski definition) is 2. The fraction of sp³-hybridized carbons (Fsp3) is 0.727. The van der Waals surface area contributed by atoms with Crippen molar-refractivity contribution in [1.29, 1.82) is 0 Å². The Hall–Kier alpha value is -0.830. The van der Waals surface area contributed by atoms with Gasteiger partial charge in [0, 0.05) is 24.3 Å². The summed E-state index contributed by atoms with van der Waals surface area (Å²) in [7, 11) is 1.97. The van der Waals surface area contributed by atoms with Gasteiger partial charge in [-0.1, -0.05) is 13.8 Å². The van der Waals surface area contributed by atoms with Crippen molar-refractivity contribution in [2.45, 2.75) is 40.3 Å². The van der Waals surface area contributed by atoms with Crippen molar-refractivity contribution in [2.24, 2.45) is 5.92 Å². The van der Waals surface area contributed by atoms with Crippen LogP contribution in [0.15, 0.2) is 6.20 Å². The molecule has 3 heteroatoms. The fourth-order valence-corrected chi connectivity index (χ4v) is 1.68. The van der Waals surface area contributed by atoms with Crippen LogP contribution in [0.5, 0.6) is 0 Å². The molecule has 0 saturated heterocycles. The highest BCUT2D eigenvalue weighted by Crippen LogP contribution is 2.13. The molecule has 0 saturated carbocycles. The fourth-order valence-electron chi connectivity index (χ4n) is 1.68. The van der Waals surface area contributed by atoms with E-state index in [1.807, 2.05) is 13.2 Å². The summed E-state index contributed by atoms with van der Waals surface area (Å²) < 4.78 is 2.10. The summed E-state index contributed by atoms with van der Waals surface area (Å²) in [5.41, 5.74) is 2.72. The monoisotopic (exact) mass is 195 g/mol. The minimum Gasteiger partial charge on any atom is -0.316 e. The first-order valence-electron chi connectivity index (χ1n) is 5.37. The summed E-state index contributed by atoms with van der Waals surface area (Å²) in [6.07, 6.45) is 3.10. The van der Waals surface area contributed by atoms with Crippen molar-refractivity contribution in [3.63, 3.8) is 0 Å². The Morgan fingerprint density at radius 1 is 1.50 bits per heavy atom. The summed E-state index contributed by atoms with van der Waals surface area (Å²) >= 11 is 0. The lowest BCUT2D eigenvalue weighted by atomic mass is 10.0. The van der Waals surface area contributed by atoms with E-state index in [4.69, 9.17) is 0 Å². The zero-order valence-corrected chi connectivity index (χ0v) is 9.67. The van der Waals surface area contributed by atoms with Crippen molar-refractivity contribution in [2.75, 3.05) is 7.05 Å². The van der Waals surface area contributed by atoms with Crippen molar-refractivity contribution < 1.29 is 0 Å². The molecule has 0 aliphatic heterocycles. The number of hydrogen-bond donors (Lipinski definition) is 1. The predicted octanol–water partition coefficient (Wildman–Crippen LogP) is 1.82. The molecular weight excluding hydrogens is 174 g/mol. The molecule has 0 atom stereocenters. The Labute approximate surface area is 86.5 Å². The normalized spacial score (nSPS) is 11.2. The number of aryl methyl sites for hydroxylation is 1. The van der Waals surface area contributed by atoms with Crippen LogP contribution in [0, 0.1) is 5.92 Å². The summed E-state index contributed by atoms with van der Waals surface area (Å²) in [4.78, 5) is 0. The Morgan fingerprint density at radius 2 is 2.21 bits per heavy atom. The molecule has 0 aliphatic rings. The smallest absolute Gasteiger partial charge is 0.0537 e. The topological polar surface area (TPSA) is 29.9 Å². The minimum atomic E-state index is 0.688. The van der Waals surface area contributed by atoms with Gasteiger partial charge in [0.15, 0.2) is 0 Å². The van der Waals surface area contributed by atoms with Crippen LogP contribution in [0.4, 0.5) is 0 Å². The SMILES string of the molecule is CCn1ncc(CNC)c1CC(C)C. The molecule has 14 heavy (non-hydrogen) atoms. The quantitative estimate of drug-likeness (QED) is 0.776.